The summed E-state index contributed by atoms with van der Waals surface area (Å²) in [4.78, 5) is 24.5. The van der Waals surface area contributed by atoms with Gasteiger partial charge in [0.05, 0.1) is 25.4 Å². The summed E-state index contributed by atoms with van der Waals surface area (Å²) >= 11 is 0. The van der Waals surface area contributed by atoms with Gasteiger partial charge >= 0.3 is 5.97 Å². The molecule has 0 spiro atoms. The Hall–Kier alpha value is -2.18. The first-order valence-electron chi connectivity index (χ1n) is 27.9. The van der Waals surface area contributed by atoms with Crippen LogP contribution < -0.4 is 5.32 Å². The summed E-state index contributed by atoms with van der Waals surface area (Å²) in [6.45, 7) is 4.78. The SMILES string of the molecule is CCCCC/C=C\C/C=C\CCCCCCCC(=O)OCCCC/C=C\CCCCCCC(=O)NC(CO)C(O)/C=C/CCCCCCCCCCCCCCCCCCCCCC. The van der Waals surface area contributed by atoms with Gasteiger partial charge in [0.1, 0.15) is 0 Å². The highest BCUT2D eigenvalue weighted by molar-refractivity contribution is 5.76. The minimum Gasteiger partial charge on any atom is -0.466 e. The van der Waals surface area contributed by atoms with E-state index < -0.39 is 12.1 Å². The van der Waals surface area contributed by atoms with Crippen LogP contribution in [0.3, 0.4) is 0 Å². The van der Waals surface area contributed by atoms with Crippen molar-refractivity contribution in [1.29, 1.82) is 0 Å². The van der Waals surface area contributed by atoms with Crippen LogP contribution in [0.1, 0.15) is 284 Å². The zero-order valence-corrected chi connectivity index (χ0v) is 42.5. The molecule has 0 heterocycles. The highest BCUT2D eigenvalue weighted by Crippen LogP contribution is 2.16. The van der Waals surface area contributed by atoms with Crippen molar-refractivity contribution in [1.82, 2.24) is 5.32 Å². The second kappa shape index (κ2) is 53.4. The number of aliphatic hydroxyl groups excluding tert-OH is 2. The maximum atomic E-state index is 12.5. The van der Waals surface area contributed by atoms with Crippen LogP contribution in [-0.2, 0) is 14.3 Å². The minimum absolute atomic E-state index is 0.0526. The summed E-state index contributed by atoms with van der Waals surface area (Å²) in [5, 5.41) is 23.1. The van der Waals surface area contributed by atoms with Gasteiger partial charge in [-0.3, -0.25) is 9.59 Å². The van der Waals surface area contributed by atoms with E-state index in [4.69, 9.17) is 4.74 Å². The summed E-state index contributed by atoms with van der Waals surface area (Å²) in [6, 6.07) is -0.656. The third-order valence-electron chi connectivity index (χ3n) is 12.6. The van der Waals surface area contributed by atoms with E-state index in [9.17, 15) is 19.8 Å². The second-order valence-corrected chi connectivity index (χ2v) is 18.9. The monoisotopic (exact) mass is 898 g/mol. The van der Waals surface area contributed by atoms with E-state index in [1.165, 1.54) is 167 Å². The number of carbonyl (C=O) groups excluding carboxylic acids is 2. The molecule has 0 saturated heterocycles. The van der Waals surface area contributed by atoms with Crippen molar-refractivity contribution in [3.8, 4) is 0 Å². The number of carbonyl (C=O) groups is 2. The molecular formula is C58H107NO5. The van der Waals surface area contributed by atoms with Crippen molar-refractivity contribution in [2.24, 2.45) is 0 Å². The standard InChI is InChI=1S/C58H107NO5/c1-3-5-7-9-11-13-15-17-19-20-21-22-23-24-25-27-28-30-34-38-42-46-50-56(61)55(54-60)59-57(62)51-47-43-39-35-32-33-37-41-45-49-53-64-58(63)52-48-44-40-36-31-29-26-18-16-14-12-10-8-6-4-2/h12,14,18,26,33,37,46,50,55-56,60-61H,3-11,13,15-17,19-25,27-32,34-36,38-45,47-49,51-54H2,1-2H3,(H,59,62)/b14-12-,26-18-,37-33-,50-46+. The lowest BCUT2D eigenvalue weighted by Crippen LogP contribution is -2.45. The van der Waals surface area contributed by atoms with E-state index in [1.807, 2.05) is 6.08 Å². The molecule has 0 radical (unpaired) electrons. The van der Waals surface area contributed by atoms with Gasteiger partial charge in [0.2, 0.25) is 5.91 Å². The van der Waals surface area contributed by atoms with Gasteiger partial charge < -0.3 is 20.3 Å². The Kier molecular flexibility index (Phi) is 51.6. The molecule has 0 rings (SSSR count). The van der Waals surface area contributed by atoms with Gasteiger partial charge in [-0.25, -0.2) is 0 Å². The summed E-state index contributed by atoms with van der Waals surface area (Å²) in [6.07, 6.45) is 67.0. The maximum Gasteiger partial charge on any atom is 0.305 e. The number of esters is 1. The molecule has 3 N–H and O–H groups in total. The molecule has 0 fully saturated rings. The number of ether oxygens (including phenoxy) is 1. The summed E-state index contributed by atoms with van der Waals surface area (Å²) in [5.41, 5.74) is 0. The van der Waals surface area contributed by atoms with Crippen molar-refractivity contribution in [3.63, 3.8) is 0 Å². The van der Waals surface area contributed by atoms with Crippen molar-refractivity contribution in [2.45, 2.75) is 296 Å². The van der Waals surface area contributed by atoms with Gasteiger partial charge in [0.25, 0.3) is 0 Å². The number of aliphatic hydroxyl groups is 2. The molecule has 6 heteroatoms. The minimum atomic E-state index is -0.869. The van der Waals surface area contributed by atoms with Crippen molar-refractivity contribution in [3.05, 3.63) is 48.6 Å². The van der Waals surface area contributed by atoms with Gasteiger partial charge in [-0.1, -0.05) is 229 Å². The lowest BCUT2D eigenvalue weighted by Gasteiger charge is -2.20. The average molecular weight is 898 g/mol. The predicted molar refractivity (Wildman–Crippen MR) is 278 cm³/mol. The van der Waals surface area contributed by atoms with Gasteiger partial charge in [-0.05, 0) is 89.9 Å². The number of rotatable bonds is 51. The fourth-order valence-electron chi connectivity index (χ4n) is 8.25. The van der Waals surface area contributed by atoms with Gasteiger partial charge in [-0.2, -0.15) is 0 Å². The Balaban J connectivity index is 3.57. The molecule has 1 amide bonds. The van der Waals surface area contributed by atoms with E-state index in [0.29, 0.717) is 19.4 Å². The smallest absolute Gasteiger partial charge is 0.305 e. The number of allylic oxidation sites excluding steroid dienone is 7. The van der Waals surface area contributed by atoms with E-state index in [-0.39, 0.29) is 18.5 Å². The molecule has 0 aromatic heterocycles. The number of nitrogens with one attached hydrogen (secondary N) is 1. The topological polar surface area (TPSA) is 95.9 Å². The number of unbranched alkanes of at least 4 members (excludes halogenated alkanes) is 34. The summed E-state index contributed by atoms with van der Waals surface area (Å²) in [5.74, 6) is -0.157. The van der Waals surface area contributed by atoms with Crippen LogP contribution in [0.4, 0.5) is 0 Å². The zero-order valence-electron chi connectivity index (χ0n) is 42.5. The fraction of sp³-hybridized carbons (Fsp3) is 0.828. The summed E-state index contributed by atoms with van der Waals surface area (Å²) < 4.78 is 5.43. The Bertz CT molecular complexity index is 1080. The maximum absolute atomic E-state index is 12.5. The van der Waals surface area contributed by atoms with Crippen molar-refractivity contribution in [2.75, 3.05) is 13.2 Å². The van der Waals surface area contributed by atoms with Crippen LogP contribution >= 0.6 is 0 Å². The van der Waals surface area contributed by atoms with Crippen LogP contribution in [0.5, 0.6) is 0 Å². The van der Waals surface area contributed by atoms with Gasteiger partial charge in [0, 0.05) is 12.8 Å². The van der Waals surface area contributed by atoms with Crippen LogP contribution in [0.15, 0.2) is 48.6 Å². The molecule has 6 nitrogen and oxygen atoms in total. The van der Waals surface area contributed by atoms with E-state index in [1.54, 1.807) is 6.08 Å². The first-order valence-corrected chi connectivity index (χ1v) is 27.9. The van der Waals surface area contributed by atoms with Crippen LogP contribution in [0.25, 0.3) is 0 Å². The quantitative estimate of drug-likeness (QED) is 0.0321. The largest absolute Gasteiger partial charge is 0.466 e. The van der Waals surface area contributed by atoms with Crippen LogP contribution in [0.2, 0.25) is 0 Å². The Labute approximate surface area is 397 Å². The number of amides is 1. The lowest BCUT2D eigenvalue weighted by atomic mass is 10.0. The third-order valence-corrected chi connectivity index (χ3v) is 12.6. The molecule has 0 aliphatic rings. The third kappa shape index (κ3) is 49.3. The molecule has 2 atom stereocenters. The Morgan fingerprint density at radius 3 is 1.23 bits per heavy atom. The average Bonchev–Trinajstić information content (AvgIpc) is 3.29. The first kappa shape index (κ1) is 61.8. The number of hydrogen-bond acceptors (Lipinski definition) is 5. The molecule has 0 saturated carbocycles. The molecule has 0 bridgehead atoms. The van der Waals surface area contributed by atoms with E-state index in [2.05, 4.69) is 55.6 Å². The summed E-state index contributed by atoms with van der Waals surface area (Å²) in [7, 11) is 0. The van der Waals surface area contributed by atoms with Gasteiger partial charge in [0.15, 0.2) is 0 Å². The lowest BCUT2D eigenvalue weighted by molar-refractivity contribution is -0.143. The van der Waals surface area contributed by atoms with Crippen molar-refractivity contribution >= 4 is 11.9 Å². The van der Waals surface area contributed by atoms with Gasteiger partial charge in [-0.15, -0.1) is 0 Å². The highest BCUT2D eigenvalue weighted by Gasteiger charge is 2.18. The van der Waals surface area contributed by atoms with Crippen molar-refractivity contribution < 1.29 is 24.5 Å². The van der Waals surface area contributed by atoms with E-state index in [0.717, 1.165) is 89.9 Å². The zero-order chi connectivity index (χ0) is 46.5. The molecule has 0 aliphatic carbocycles. The molecule has 2 unspecified atom stereocenters. The molecule has 0 aromatic carbocycles. The van der Waals surface area contributed by atoms with E-state index >= 15 is 0 Å². The Morgan fingerprint density at radius 1 is 0.438 bits per heavy atom. The molecule has 0 aliphatic heterocycles. The first-order chi connectivity index (χ1) is 31.5. The molecule has 374 valence electrons. The normalized spacial score (nSPS) is 13.0. The highest BCUT2D eigenvalue weighted by atomic mass is 16.5. The molecule has 64 heavy (non-hydrogen) atoms. The fourth-order valence-corrected chi connectivity index (χ4v) is 8.25. The number of hydrogen-bond donors (Lipinski definition) is 3. The molecule has 0 aromatic rings. The van der Waals surface area contributed by atoms with Crippen LogP contribution in [0, 0.1) is 0 Å². The molecular weight excluding hydrogens is 791 g/mol. The predicted octanol–water partition coefficient (Wildman–Crippen LogP) is 17.0. The van der Waals surface area contributed by atoms with Crippen LogP contribution in [-0.4, -0.2) is 47.4 Å². The Morgan fingerprint density at radius 2 is 0.781 bits per heavy atom. The second-order valence-electron chi connectivity index (χ2n) is 18.9.